The zero-order chi connectivity index (χ0) is 12.8. The van der Waals surface area contributed by atoms with E-state index in [0.717, 1.165) is 5.69 Å². The van der Waals surface area contributed by atoms with Gasteiger partial charge in [-0.3, -0.25) is 9.59 Å². The van der Waals surface area contributed by atoms with E-state index >= 15 is 0 Å². The van der Waals surface area contributed by atoms with Crippen molar-refractivity contribution in [2.24, 2.45) is 0 Å². The zero-order valence-electron chi connectivity index (χ0n) is 10.4. The van der Waals surface area contributed by atoms with Crippen LogP contribution in [0.25, 0.3) is 0 Å². The van der Waals surface area contributed by atoms with Crippen LogP contribution in [0.3, 0.4) is 0 Å². The highest BCUT2D eigenvalue weighted by molar-refractivity contribution is 7.07. The van der Waals surface area contributed by atoms with Crippen molar-refractivity contribution in [1.82, 2.24) is 15.2 Å². The second kappa shape index (κ2) is 6.56. The molecule has 0 bridgehead atoms. The van der Waals surface area contributed by atoms with E-state index in [2.05, 4.69) is 10.6 Å². The molecule has 17 heavy (non-hydrogen) atoms. The van der Waals surface area contributed by atoms with Crippen LogP contribution in [0.4, 0.5) is 0 Å². The lowest BCUT2D eigenvalue weighted by molar-refractivity contribution is -0.121. The molecule has 1 heterocycles. The van der Waals surface area contributed by atoms with E-state index in [1.54, 1.807) is 4.57 Å². The van der Waals surface area contributed by atoms with E-state index in [9.17, 15) is 9.59 Å². The molecule has 0 saturated carbocycles. The summed E-state index contributed by atoms with van der Waals surface area (Å²) in [7, 11) is 1.85. The Balaban J connectivity index is 2.36. The van der Waals surface area contributed by atoms with Crippen LogP contribution in [0, 0.1) is 6.92 Å². The molecule has 1 unspecified atom stereocenters. The molecule has 1 amide bonds. The first-order valence-electron chi connectivity index (χ1n) is 5.63. The maximum Gasteiger partial charge on any atom is 0.307 e. The number of carbonyl (C=O) groups excluding carboxylic acids is 1. The average molecular weight is 257 g/mol. The van der Waals surface area contributed by atoms with Gasteiger partial charge in [0.2, 0.25) is 5.91 Å². The van der Waals surface area contributed by atoms with Gasteiger partial charge in [0.05, 0.1) is 0 Å². The SMILES string of the molecule is CNC(C)CNC(=O)CCn1c(C)csc1=O. The second-order valence-electron chi connectivity index (χ2n) is 4.04. The lowest BCUT2D eigenvalue weighted by Gasteiger charge is -2.11. The normalized spacial score (nSPS) is 12.4. The zero-order valence-corrected chi connectivity index (χ0v) is 11.3. The van der Waals surface area contributed by atoms with Gasteiger partial charge in [0.15, 0.2) is 0 Å². The lowest BCUT2D eigenvalue weighted by Crippen LogP contribution is -2.37. The van der Waals surface area contributed by atoms with Crippen LogP contribution in [0.5, 0.6) is 0 Å². The summed E-state index contributed by atoms with van der Waals surface area (Å²) in [5.74, 6) is -0.0235. The topological polar surface area (TPSA) is 63.1 Å². The fourth-order valence-electron chi connectivity index (χ4n) is 1.35. The molecule has 0 radical (unpaired) electrons. The smallest absolute Gasteiger partial charge is 0.307 e. The largest absolute Gasteiger partial charge is 0.354 e. The molecule has 1 aromatic rings. The van der Waals surface area contributed by atoms with Crippen molar-refractivity contribution >= 4 is 17.2 Å². The molecule has 2 N–H and O–H groups in total. The van der Waals surface area contributed by atoms with E-state index < -0.39 is 0 Å². The Hall–Kier alpha value is -1.14. The molecule has 0 spiro atoms. The summed E-state index contributed by atoms with van der Waals surface area (Å²) in [6, 6.07) is 0.254. The number of aromatic nitrogens is 1. The number of nitrogens with one attached hydrogen (secondary N) is 2. The lowest BCUT2D eigenvalue weighted by atomic mass is 10.3. The monoisotopic (exact) mass is 257 g/mol. The Labute approximate surface area is 105 Å². The van der Waals surface area contributed by atoms with Gasteiger partial charge < -0.3 is 15.2 Å². The standard InChI is InChI=1S/C11H19N3O2S/c1-8(12-3)6-13-10(15)4-5-14-9(2)7-17-11(14)16/h7-8,12H,4-6H2,1-3H3,(H,13,15). The van der Waals surface area contributed by atoms with Gasteiger partial charge in [0, 0.05) is 36.6 Å². The molecular formula is C11H19N3O2S. The van der Waals surface area contributed by atoms with Crippen LogP contribution < -0.4 is 15.5 Å². The Kier molecular flexibility index (Phi) is 5.37. The number of hydrogen-bond acceptors (Lipinski definition) is 4. The first-order chi connectivity index (χ1) is 8.04. The molecule has 0 aliphatic carbocycles. The fourth-order valence-corrected chi connectivity index (χ4v) is 2.11. The summed E-state index contributed by atoms with van der Waals surface area (Å²) in [4.78, 5) is 22.9. The molecule has 6 heteroatoms. The van der Waals surface area contributed by atoms with Crippen molar-refractivity contribution in [3.63, 3.8) is 0 Å². The molecule has 0 aromatic carbocycles. The number of carbonyl (C=O) groups is 1. The highest BCUT2D eigenvalue weighted by atomic mass is 32.1. The minimum atomic E-state index is -0.0235. The molecule has 1 rings (SSSR count). The van der Waals surface area contributed by atoms with Crippen molar-refractivity contribution in [2.75, 3.05) is 13.6 Å². The predicted octanol–water partition coefficient (Wildman–Crippen LogP) is 0.332. The van der Waals surface area contributed by atoms with Crippen LogP contribution in [0.1, 0.15) is 19.0 Å². The highest BCUT2D eigenvalue weighted by Gasteiger charge is 2.07. The molecule has 0 aliphatic rings. The maximum atomic E-state index is 11.5. The molecule has 5 nitrogen and oxygen atoms in total. The molecule has 96 valence electrons. The third kappa shape index (κ3) is 4.32. The maximum absolute atomic E-state index is 11.5. The average Bonchev–Trinajstić information content (AvgIpc) is 2.63. The van der Waals surface area contributed by atoms with Crippen molar-refractivity contribution in [3.05, 3.63) is 20.7 Å². The van der Waals surface area contributed by atoms with Crippen molar-refractivity contribution in [2.45, 2.75) is 32.9 Å². The Bertz CT molecular complexity index is 425. The Morgan fingerprint density at radius 1 is 1.59 bits per heavy atom. The molecule has 1 atom stereocenters. The van der Waals surface area contributed by atoms with Crippen LogP contribution in [0.15, 0.2) is 10.2 Å². The van der Waals surface area contributed by atoms with Gasteiger partial charge in [0.25, 0.3) is 0 Å². The third-order valence-electron chi connectivity index (χ3n) is 2.64. The molecule has 0 fully saturated rings. The number of rotatable bonds is 6. The van der Waals surface area contributed by atoms with Gasteiger partial charge in [0.1, 0.15) is 0 Å². The quantitative estimate of drug-likeness (QED) is 0.772. The minimum absolute atomic E-state index is 0.00103. The molecule has 0 aliphatic heterocycles. The number of aryl methyl sites for hydroxylation is 1. The van der Waals surface area contributed by atoms with Crippen LogP contribution in [-0.2, 0) is 11.3 Å². The summed E-state index contributed by atoms with van der Waals surface area (Å²) in [6.07, 6.45) is 0.341. The minimum Gasteiger partial charge on any atom is -0.354 e. The summed E-state index contributed by atoms with van der Waals surface area (Å²) in [5.41, 5.74) is 0.913. The first kappa shape index (κ1) is 13.9. The Morgan fingerprint density at radius 2 is 2.29 bits per heavy atom. The third-order valence-corrected chi connectivity index (χ3v) is 3.52. The predicted molar refractivity (Wildman–Crippen MR) is 69.5 cm³/mol. The summed E-state index contributed by atoms with van der Waals surface area (Å²) in [5, 5.41) is 7.67. The fraction of sp³-hybridized carbons (Fsp3) is 0.636. The van der Waals surface area contributed by atoms with E-state index in [1.807, 2.05) is 26.3 Å². The van der Waals surface area contributed by atoms with Crippen LogP contribution in [0.2, 0.25) is 0 Å². The number of thiazole rings is 1. The molecule has 1 aromatic heterocycles. The number of hydrogen-bond donors (Lipinski definition) is 2. The van der Waals surface area contributed by atoms with Crippen LogP contribution in [-0.4, -0.2) is 30.1 Å². The first-order valence-corrected chi connectivity index (χ1v) is 6.51. The number of amides is 1. The van der Waals surface area contributed by atoms with Crippen molar-refractivity contribution < 1.29 is 4.79 Å². The van der Waals surface area contributed by atoms with Crippen molar-refractivity contribution in [3.8, 4) is 0 Å². The number of likely N-dealkylation sites (N-methyl/N-ethyl adjacent to an activating group) is 1. The summed E-state index contributed by atoms with van der Waals surface area (Å²) < 4.78 is 1.63. The van der Waals surface area contributed by atoms with E-state index in [4.69, 9.17) is 0 Å². The van der Waals surface area contributed by atoms with Gasteiger partial charge >= 0.3 is 4.87 Å². The van der Waals surface area contributed by atoms with Gasteiger partial charge in [-0.1, -0.05) is 11.3 Å². The van der Waals surface area contributed by atoms with E-state index in [1.165, 1.54) is 11.3 Å². The van der Waals surface area contributed by atoms with E-state index in [-0.39, 0.29) is 16.8 Å². The Morgan fingerprint density at radius 3 is 2.82 bits per heavy atom. The summed E-state index contributed by atoms with van der Waals surface area (Å²) >= 11 is 1.17. The van der Waals surface area contributed by atoms with E-state index in [0.29, 0.717) is 19.5 Å². The van der Waals surface area contributed by atoms with Gasteiger partial charge in [-0.15, -0.1) is 0 Å². The van der Waals surface area contributed by atoms with Gasteiger partial charge in [-0.25, -0.2) is 0 Å². The summed E-state index contributed by atoms with van der Waals surface area (Å²) in [6.45, 7) is 4.92. The highest BCUT2D eigenvalue weighted by Crippen LogP contribution is 2.00. The van der Waals surface area contributed by atoms with Crippen molar-refractivity contribution in [1.29, 1.82) is 0 Å². The number of nitrogens with zero attached hydrogens (tertiary/aromatic N) is 1. The van der Waals surface area contributed by atoms with Crippen LogP contribution >= 0.6 is 11.3 Å². The second-order valence-corrected chi connectivity index (χ2v) is 4.86. The van der Waals surface area contributed by atoms with Gasteiger partial charge in [-0.2, -0.15) is 0 Å². The van der Waals surface area contributed by atoms with Gasteiger partial charge in [-0.05, 0) is 20.9 Å². The molecular weight excluding hydrogens is 238 g/mol. The molecule has 0 saturated heterocycles.